The minimum Gasteiger partial charge on any atom is -0.351 e. The van der Waals surface area contributed by atoms with E-state index in [1.165, 1.54) is 12.8 Å². The molecule has 3 nitrogen and oxygen atoms in total. The fraction of sp³-hybridized carbons (Fsp3) is 0.400. The van der Waals surface area contributed by atoms with Crippen molar-refractivity contribution in [1.29, 1.82) is 0 Å². The number of rotatable bonds is 6. The molecule has 1 aliphatic carbocycles. The third kappa shape index (κ3) is 4.34. The van der Waals surface area contributed by atoms with E-state index < -0.39 is 0 Å². The van der Waals surface area contributed by atoms with E-state index in [0.29, 0.717) is 6.54 Å². The summed E-state index contributed by atoms with van der Waals surface area (Å²) in [7, 11) is 2.11. The molecule has 1 N–H and O–H groups in total. The number of carbonyl (C=O) groups is 1. The molecule has 1 fully saturated rings. The van der Waals surface area contributed by atoms with Gasteiger partial charge < -0.3 is 10.2 Å². The fourth-order valence-electron chi connectivity index (χ4n) is 1.85. The number of nitrogens with one attached hydrogen (secondary N) is 1. The molecule has 1 amide bonds. The molecule has 1 aromatic carbocycles. The molecule has 1 aromatic rings. The van der Waals surface area contributed by atoms with Gasteiger partial charge in [0.05, 0.1) is 0 Å². The summed E-state index contributed by atoms with van der Waals surface area (Å²) in [5, 5.41) is 2.90. The number of likely N-dealkylation sites (N-methyl/N-ethyl adjacent to an activating group) is 1. The Hall–Kier alpha value is -1.61. The van der Waals surface area contributed by atoms with Crippen LogP contribution in [0.15, 0.2) is 36.4 Å². The third-order valence-electron chi connectivity index (χ3n) is 3.16. The van der Waals surface area contributed by atoms with Crippen LogP contribution in [-0.2, 0) is 4.79 Å². The van der Waals surface area contributed by atoms with E-state index in [9.17, 15) is 4.79 Å². The van der Waals surface area contributed by atoms with Crippen molar-refractivity contribution >= 4 is 12.0 Å². The van der Waals surface area contributed by atoms with Crippen LogP contribution in [-0.4, -0.2) is 37.0 Å². The summed E-state index contributed by atoms with van der Waals surface area (Å²) in [6.45, 7) is 1.64. The van der Waals surface area contributed by atoms with Crippen LogP contribution >= 0.6 is 0 Å². The Morgan fingerprint density at radius 1 is 1.39 bits per heavy atom. The van der Waals surface area contributed by atoms with Gasteiger partial charge in [0.1, 0.15) is 0 Å². The maximum absolute atomic E-state index is 11.6. The van der Waals surface area contributed by atoms with Crippen LogP contribution in [0.2, 0.25) is 0 Å². The van der Waals surface area contributed by atoms with Gasteiger partial charge in [0.2, 0.25) is 5.91 Å². The minimum absolute atomic E-state index is 0.0250. The molecule has 2 rings (SSSR count). The summed E-state index contributed by atoms with van der Waals surface area (Å²) in [5.41, 5.74) is 1.04. The van der Waals surface area contributed by atoms with Gasteiger partial charge in [-0.05, 0) is 31.5 Å². The Balaban J connectivity index is 1.67. The molecule has 18 heavy (non-hydrogen) atoms. The molecule has 0 saturated heterocycles. The maximum Gasteiger partial charge on any atom is 0.244 e. The Morgan fingerprint density at radius 2 is 2.11 bits per heavy atom. The van der Waals surface area contributed by atoms with E-state index in [0.717, 1.165) is 18.2 Å². The quantitative estimate of drug-likeness (QED) is 0.775. The second-order valence-corrected chi connectivity index (χ2v) is 4.75. The van der Waals surface area contributed by atoms with E-state index in [4.69, 9.17) is 0 Å². The average molecular weight is 244 g/mol. The maximum atomic E-state index is 11.6. The van der Waals surface area contributed by atoms with Crippen LogP contribution in [0.25, 0.3) is 6.08 Å². The van der Waals surface area contributed by atoms with Crippen molar-refractivity contribution in [3.05, 3.63) is 42.0 Å². The van der Waals surface area contributed by atoms with Crippen LogP contribution in [0.3, 0.4) is 0 Å². The molecule has 0 bridgehead atoms. The summed E-state index contributed by atoms with van der Waals surface area (Å²) in [4.78, 5) is 13.9. The molecule has 0 aliphatic heterocycles. The number of hydrogen-bond acceptors (Lipinski definition) is 2. The highest BCUT2D eigenvalue weighted by Crippen LogP contribution is 2.24. The smallest absolute Gasteiger partial charge is 0.244 e. The van der Waals surface area contributed by atoms with Crippen LogP contribution < -0.4 is 5.32 Å². The van der Waals surface area contributed by atoms with Crippen molar-refractivity contribution in [2.75, 3.05) is 20.1 Å². The highest BCUT2D eigenvalue weighted by atomic mass is 16.1. The lowest BCUT2D eigenvalue weighted by atomic mass is 10.2. The SMILES string of the molecule is CN(CCNC(=O)/C=C/c1ccccc1)C1CC1. The largest absolute Gasteiger partial charge is 0.351 e. The summed E-state index contributed by atoms with van der Waals surface area (Å²) >= 11 is 0. The van der Waals surface area contributed by atoms with Gasteiger partial charge in [-0.3, -0.25) is 4.79 Å². The van der Waals surface area contributed by atoms with E-state index in [2.05, 4.69) is 17.3 Å². The normalized spacial score (nSPS) is 15.2. The molecule has 0 aromatic heterocycles. The zero-order valence-electron chi connectivity index (χ0n) is 10.8. The van der Waals surface area contributed by atoms with Crippen LogP contribution in [0, 0.1) is 0 Å². The van der Waals surface area contributed by atoms with Gasteiger partial charge in [0, 0.05) is 25.2 Å². The van der Waals surface area contributed by atoms with Crippen LogP contribution in [0.4, 0.5) is 0 Å². The summed E-state index contributed by atoms with van der Waals surface area (Å²) < 4.78 is 0. The monoisotopic (exact) mass is 244 g/mol. The molecule has 0 spiro atoms. The second kappa shape index (κ2) is 6.36. The van der Waals surface area contributed by atoms with E-state index in [-0.39, 0.29) is 5.91 Å². The molecule has 0 heterocycles. The highest BCUT2D eigenvalue weighted by Gasteiger charge is 2.25. The van der Waals surface area contributed by atoms with Crippen LogP contribution in [0.1, 0.15) is 18.4 Å². The lowest BCUT2D eigenvalue weighted by Crippen LogP contribution is -2.33. The first-order valence-electron chi connectivity index (χ1n) is 6.47. The van der Waals surface area contributed by atoms with Gasteiger partial charge in [-0.25, -0.2) is 0 Å². The van der Waals surface area contributed by atoms with E-state index in [1.807, 2.05) is 36.4 Å². The zero-order valence-corrected chi connectivity index (χ0v) is 10.8. The zero-order chi connectivity index (χ0) is 12.8. The number of benzene rings is 1. The predicted molar refractivity (Wildman–Crippen MR) is 74.1 cm³/mol. The van der Waals surface area contributed by atoms with Gasteiger partial charge in [-0.2, -0.15) is 0 Å². The third-order valence-corrected chi connectivity index (χ3v) is 3.16. The van der Waals surface area contributed by atoms with Gasteiger partial charge in [0.25, 0.3) is 0 Å². The predicted octanol–water partition coefficient (Wildman–Crippen LogP) is 1.91. The first kappa shape index (κ1) is 12.8. The minimum atomic E-state index is -0.0250. The molecule has 0 atom stereocenters. The summed E-state index contributed by atoms with van der Waals surface area (Å²) in [5.74, 6) is -0.0250. The van der Waals surface area contributed by atoms with Gasteiger partial charge in [-0.15, -0.1) is 0 Å². The van der Waals surface area contributed by atoms with E-state index >= 15 is 0 Å². The van der Waals surface area contributed by atoms with Crippen molar-refractivity contribution in [1.82, 2.24) is 10.2 Å². The first-order chi connectivity index (χ1) is 8.75. The first-order valence-corrected chi connectivity index (χ1v) is 6.47. The number of hydrogen-bond donors (Lipinski definition) is 1. The van der Waals surface area contributed by atoms with Crippen molar-refractivity contribution in [3.63, 3.8) is 0 Å². The lowest BCUT2D eigenvalue weighted by Gasteiger charge is -2.15. The van der Waals surface area contributed by atoms with Crippen molar-refractivity contribution in [2.24, 2.45) is 0 Å². The molecular formula is C15H20N2O. The number of carbonyl (C=O) groups excluding carboxylic acids is 1. The van der Waals surface area contributed by atoms with Gasteiger partial charge in [-0.1, -0.05) is 30.3 Å². The van der Waals surface area contributed by atoms with Crippen molar-refractivity contribution < 1.29 is 4.79 Å². The number of amides is 1. The number of nitrogens with zero attached hydrogens (tertiary/aromatic N) is 1. The molecule has 1 saturated carbocycles. The summed E-state index contributed by atoms with van der Waals surface area (Å²) in [6.07, 6.45) is 6.03. The molecular weight excluding hydrogens is 224 g/mol. The molecule has 3 heteroatoms. The molecule has 0 unspecified atom stereocenters. The molecule has 96 valence electrons. The summed E-state index contributed by atoms with van der Waals surface area (Å²) in [6, 6.07) is 10.6. The lowest BCUT2D eigenvalue weighted by molar-refractivity contribution is -0.116. The van der Waals surface area contributed by atoms with Crippen LogP contribution in [0.5, 0.6) is 0 Å². The standard InChI is InChI=1S/C15H20N2O/c1-17(14-8-9-14)12-11-16-15(18)10-7-13-5-3-2-4-6-13/h2-7,10,14H,8-9,11-12H2,1H3,(H,16,18)/b10-7+. The average Bonchev–Trinajstić information content (AvgIpc) is 3.22. The second-order valence-electron chi connectivity index (χ2n) is 4.75. The van der Waals surface area contributed by atoms with Gasteiger partial charge >= 0.3 is 0 Å². The fourth-order valence-corrected chi connectivity index (χ4v) is 1.85. The molecule has 1 aliphatic rings. The Labute approximate surface area is 108 Å². The highest BCUT2D eigenvalue weighted by molar-refractivity contribution is 5.91. The Morgan fingerprint density at radius 3 is 2.78 bits per heavy atom. The topological polar surface area (TPSA) is 32.3 Å². The van der Waals surface area contributed by atoms with E-state index in [1.54, 1.807) is 6.08 Å². The molecule has 0 radical (unpaired) electrons. The Bertz CT molecular complexity index is 410. The van der Waals surface area contributed by atoms with Gasteiger partial charge in [0.15, 0.2) is 0 Å². The van der Waals surface area contributed by atoms with Crippen molar-refractivity contribution in [2.45, 2.75) is 18.9 Å². The van der Waals surface area contributed by atoms with Crippen molar-refractivity contribution in [3.8, 4) is 0 Å². The Kier molecular flexibility index (Phi) is 4.53.